The Morgan fingerprint density at radius 2 is 1.70 bits per heavy atom. The number of pyridine rings is 1. The number of ether oxygens (including phenoxy) is 1. The molecule has 0 saturated carbocycles. The van der Waals surface area contributed by atoms with Gasteiger partial charge in [-0.15, -0.1) is 0 Å². The first-order chi connectivity index (χ1) is 17.9. The van der Waals surface area contributed by atoms with E-state index in [4.69, 9.17) is 4.74 Å². The van der Waals surface area contributed by atoms with E-state index in [1.54, 1.807) is 55.6 Å². The standard InChI is InChI=1S/C28H25BrN4O4/c1-18(20-12-13-24(22(29)17-20)32-27(35)25-10-4-5-14-30-25)26(34)31-15-16-37-28(36)33-23-11-6-8-19-7-2-3-9-21(19)23/h2-14,17-18H,15-16H2,1H3,(H,31,34)(H,32,35)(H,33,36). The number of anilines is 2. The van der Waals surface area contributed by atoms with E-state index < -0.39 is 12.0 Å². The lowest BCUT2D eigenvalue weighted by Gasteiger charge is -2.15. The zero-order valence-electron chi connectivity index (χ0n) is 20.0. The number of rotatable bonds is 8. The van der Waals surface area contributed by atoms with Crippen molar-refractivity contribution in [2.75, 3.05) is 23.8 Å². The van der Waals surface area contributed by atoms with E-state index in [2.05, 4.69) is 36.9 Å². The van der Waals surface area contributed by atoms with Crippen molar-refractivity contribution in [1.82, 2.24) is 10.3 Å². The maximum absolute atomic E-state index is 12.6. The Kier molecular flexibility index (Phi) is 8.48. The minimum Gasteiger partial charge on any atom is -0.447 e. The lowest BCUT2D eigenvalue weighted by molar-refractivity contribution is -0.122. The van der Waals surface area contributed by atoms with Crippen molar-refractivity contribution in [2.24, 2.45) is 0 Å². The summed E-state index contributed by atoms with van der Waals surface area (Å²) in [4.78, 5) is 41.2. The van der Waals surface area contributed by atoms with Crippen LogP contribution in [0.2, 0.25) is 0 Å². The Labute approximate surface area is 222 Å². The fraction of sp³-hybridized carbons (Fsp3) is 0.143. The lowest BCUT2D eigenvalue weighted by Crippen LogP contribution is -2.32. The van der Waals surface area contributed by atoms with Gasteiger partial charge in [-0.1, -0.05) is 48.5 Å². The van der Waals surface area contributed by atoms with Gasteiger partial charge in [0.25, 0.3) is 5.91 Å². The van der Waals surface area contributed by atoms with Gasteiger partial charge < -0.3 is 15.4 Å². The number of fused-ring (bicyclic) bond motifs is 1. The summed E-state index contributed by atoms with van der Waals surface area (Å²) >= 11 is 3.46. The van der Waals surface area contributed by atoms with Crippen LogP contribution in [0.1, 0.15) is 28.9 Å². The third-order valence-corrected chi connectivity index (χ3v) is 6.35. The first-order valence-electron chi connectivity index (χ1n) is 11.6. The van der Waals surface area contributed by atoms with Crippen LogP contribution >= 0.6 is 15.9 Å². The molecule has 0 bridgehead atoms. The van der Waals surface area contributed by atoms with E-state index in [0.29, 0.717) is 21.5 Å². The second-order valence-corrected chi connectivity index (χ2v) is 9.06. The molecule has 3 aromatic carbocycles. The fourth-order valence-electron chi connectivity index (χ4n) is 3.69. The first kappa shape index (κ1) is 25.8. The highest BCUT2D eigenvalue weighted by atomic mass is 79.9. The number of hydrogen-bond acceptors (Lipinski definition) is 5. The van der Waals surface area contributed by atoms with Gasteiger partial charge in [-0.05, 0) is 64.1 Å². The molecule has 8 nitrogen and oxygen atoms in total. The van der Waals surface area contributed by atoms with Gasteiger partial charge >= 0.3 is 6.09 Å². The minimum absolute atomic E-state index is 0.0250. The van der Waals surface area contributed by atoms with Crippen molar-refractivity contribution in [3.8, 4) is 0 Å². The summed E-state index contributed by atoms with van der Waals surface area (Å²) < 4.78 is 5.86. The molecule has 1 aromatic heterocycles. The van der Waals surface area contributed by atoms with Crippen molar-refractivity contribution in [2.45, 2.75) is 12.8 Å². The van der Waals surface area contributed by atoms with Gasteiger partial charge in [0.15, 0.2) is 0 Å². The van der Waals surface area contributed by atoms with Crippen LogP contribution in [0.25, 0.3) is 10.8 Å². The van der Waals surface area contributed by atoms with Crippen molar-refractivity contribution >= 4 is 56.0 Å². The second kappa shape index (κ2) is 12.1. The van der Waals surface area contributed by atoms with Crippen LogP contribution in [0.4, 0.5) is 16.2 Å². The lowest BCUT2D eigenvalue weighted by atomic mass is 10.00. The van der Waals surface area contributed by atoms with Crippen LogP contribution in [-0.2, 0) is 9.53 Å². The third-order valence-electron chi connectivity index (χ3n) is 5.69. The summed E-state index contributed by atoms with van der Waals surface area (Å²) in [6, 6.07) is 23.7. The molecule has 0 fully saturated rings. The molecule has 0 radical (unpaired) electrons. The Bertz CT molecular complexity index is 1420. The van der Waals surface area contributed by atoms with Gasteiger partial charge in [-0.2, -0.15) is 0 Å². The Morgan fingerprint density at radius 1 is 0.919 bits per heavy atom. The SMILES string of the molecule is CC(C(=O)NCCOC(=O)Nc1cccc2ccccc12)c1ccc(NC(=O)c2ccccn2)c(Br)c1. The molecule has 0 aliphatic carbocycles. The summed E-state index contributed by atoms with van der Waals surface area (Å²) in [5, 5.41) is 10.2. The van der Waals surface area contributed by atoms with Crippen LogP contribution in [0.3, 0.4) is 0 Å². The number of aromatic nitrogens is 1. The van der Waals surface area contributed by atoms with E-state index in [9.17, 15) is 14.4 Å². The first-order valence-corrected chi connectivity index (χ1v) is 12.4. The van der Waals surface area contributed by atoms with Crippen LogP contribution in [-0.4, -0.2) is 36.0 Å². The third kappa shape index (κ3) is 6.71. The number of nitrogens with zero attached hydrogens (tertiary/aromatic N) is 1. The molecular formula is C28H25BrN4O4. The van der Waals surface area contributed by atoms with Crippen molar-refractivity contribution in [3.05, 3.63) is 101 Å². The quantitative estimate of drug-likeness (QED) is 0.239. The van der Waals surface area contributed by atoms with Crippen molar-refractivity contribution < 1.29 is 19.1 Å². The Morgan fingerprint density at radius 3 is 2.49 bits per heavy atom. The van der Waals surface area contributed by atoms with E-state index in [0.717, 1.165) is 16.3 Å². The molecule has 1 heterocycles. The molecule has 0 saturated heterocycles. The Balaban J connectivity index is 1.24. The molecule has 1 unspecified atom stereocenters. The molecule has 4 rings (SSSR count). The van der Waals surface area contributed by atoms with Crippen LogP contribution in [0.5, 0.6) is 0 Å². The maximum atomic E-state index is 12.6. The number of nitrogens with one attached hydrogen (secondary N) is 3. The fourth-order valence-corrected chi connectivity index (χ4v) is 4.18. The molecule has 0 spiro atoms. The topological polar surface area (TPSA) is 109 Å². The minimum atomic E-state index is -0.592. The normalized spacial score (nSPS) is 11.4. The summed E-state index contributed by atoms with van der Waals surface area (Å²) in [6.45, 7) is 1.97. The molecule has 0 aliphatic rings. The zero-order valence-corrected chi connectivity index (χ0v) is 21.6. The van der Waals surface area contributed by atoms with Gasteiger partial charge in [0, 0.05) is 16.1 Å². The van der Waals surface area contributed by atoms with Gasteiger partial charge in [0.2, 0.25) is 5.91 Å². The summed E-state index contributed by atoms with van der Waals surface area (Å²) in [6.07, 6.45) is 0.960. The van der Waals surface area contributed by atoms with Crippen LogP contribution in [0, 0.1) is 0 Å². The largest absolute Gasteiger partial charge is 0.447 e. The highest BCUT2D eigenvalue weighted by molar-refractivity contribution is 9.10. The smallest absolute Gasteiger partial charge is 0.411 e. The number of hydrogen-bond donors (Lipinski definition) is 3. The number of amides is 3. The number of benzene rings is 3. The van der Waals surface area contributed by atoms with Crippen molar-refractivity contribution in [1.29, 1.82) is 0 Å². The molecular weight excluding hydrogens is 536 g/mol. The predicted molar refractivity (Wildman–Crippen MR) is 147 cm³/mol. The molecule has 4 aromatic rings. The van der Waals surface area contributed by atoms with Crippen molar-refractivity contribution in [3.63, 3.8) is 0 Å². The zero-order chi connectivity index (χ0) is 26.2. The molecule has 3 amide bonds. The van der Waals surface area contributed by atoms with Gasteiger partial charge in [-0.3, -0.25) is 19.9 Å². The van der Waals surface area contributed by atoms with Crippen LogP contribution in [0.15, 0.2) is 89.5 Å². The molecule has 9 heteroatoms. The number of halogens is 1. The number of carbonyl (C=O) groups excluding carboxylic acids is 3. The van der Waals surface area contributed by atoms with Gasteiger partial charge in [0.1, 0.15) is 12.3 Å². The second-order valence-electron chi connectivity index (χ2n) is 8.21. The van der Waals surface area contributed by atoms with Gasteiger partial charge in [-0.25, -0.2) is 4.79 Å². The summed E-state index contributed by atoms with van der Waals surface area (Å²) in [7, 11) is 0. The summed E-state index contributed by atoms with van der Waals surface area (Å²) in [5.41, 5.74) is 2.29. The molecule has 3 N–H and O–H groups in total. The average molecular weight is 561 g/mol. The van der Waals surface area contributed by atoms with Crippen LogP contribution < -0.4 is 16.0 Å². The average Bonchev–Trinajstić information content (AvgIpc) is 2.92. The van der Waals surface area contributed by atoms with Gasteiger partial charge in [0.05, 0.1) is 23.8 Å². The van der Waals surface area contributed by atoms with E-state index >= 15 is 0 Å². The number of carbonyl (C=O) groups is 3. The molecule has 37 heavy (non-hydrogen) atoms. The Hall–Kier alpha value is -4.24. The van der Waals surface area contributed by atoms with E-state index in [1.165, 1.54) is 0 Å². The monoisotopic (exact) mass is 560 g/mol. The predicted octanol–water partition coefficient (Wildman–Crippen LogP) is 5.72. The summed E-state index contributed by atoms with van der Waals surface area (Å²) in [5.74, 6) is -0.999. The molecule has 188 valence electrons. The van der Waals surface area contributed by atoms with E-state index in [1.807, 2.05) is 36.4 Å². The van der Waals surface area contributed by atoms with E-state index in [-0.39, 0.29) is 25.0 Å². The molecule has 0 aliphatic heterocycles. The highest BCUT2D eigenvalue weighted by Gasteiger charge is 2.17. The molecule has 1 atom stereocenters. The highest BCUT2D eigenvalue weighted by Crippen LogP contribution is 2.28. The maximum Gasteiger partial charge on any atom is 0.411 e.